The summed E-state index contributed by atoms with van der Waals surface area (Å²) >= 11 is 0. The number of carboxylic acids is 1. The standard InChI is InChI=1S/C12H15NO5S/c14-10-4-2-6-13(8-10)19(17,18)11-5-1-3-9(7-11)12(15)16/h1,3,5,7,10,14H,2,4,6,8H2,(H,15,16). The molecule has 1 aliphatic rings. The lowest BCUT2D eigenvalue weighted by Gasteiger charge is -2.29. The number of aliphatic hydroxyl groups excluding tert-OH is 1. The first-order chi connectivity index (χ1) is 8.91. The number of aromatic carboxylic acids is 1. The highest BCUT2D eigenvalue weighted by atomic mass is 32.2. The van der Waals surface area contributed by atoms with Crippen LogP contribution in [0.4, 0.5) is 0 Å². The fraction of sp³-hybridized carbons (Fsp3) is 0.417. The number of sulfonamides is 1. The van der Waals surface area contributed by atoms with E-state index >= 15 is 0 Å². The molecule has 2 N–H and O–H groups in total. The van der Waals surface area contributed by atoms with Gasteiger partial charge in [-0.2, -0.15) is 4.31 Å². The van der Waals surface area contributed by atoms with Crippen LogP contribution in [0.1, 0.15) is 23.2 Å². The topological polar surface area (TPSA) is 94.9 Å². The van der Waals surface area contributed by atoms with Crippen molar-refractivity contribution in [2.45, 2.75) is 23.8 Å². The monoisotopic (exact) mass is 285 g/mol. The first-order valence-corrected chi connectivity index (χ1v) is 7.37. The Kier molecular flexibility index (Phi) is 3.88. The van der Waals surface area contributed by atoms with E-state index in [1.54, 1.807) is 0 Å². The molecule has 1 aliphatic heterocycles. The zero-order chi connectivity index (χ0) is 14.0. The van der Waals surface area contributed by atoms with Crippen molar-refractivity contribution in [1.82, 2.24) is 4.31 Å². The number of hydrogen-bond acceptors (Lipinski definition) is 4. The molecule has 1 atom stereocenters. The number of benzene rings is 1. The van der Waals surface area contributed by atoms with Gasteiger partial charge in [0, 0.05) is 13.1 Å². The SMILES string of the molecule is O=C(O)c1cccc(S(=O)(=O)N2CCCC(O)C2)c1. The minimum Gasteiger partial charge on any atom is -0.478 e. The van der Waals surface area contributed by atoms with Crippen molar-refractivity contribution in [2.24, 2.45) is 0 Å². The number of β-amino-alcohol motifs (C(OH)–C–C–N with tert-alkyl or cyclic N) is 1. The van der Waals surface area contributed by atoms with Gasteiger partial charge in [-0.25, -0.2) is 13.2 Å². The first kappa shape index (κ1) is 14.0. The van der Waals surface area contributed by atoms with Crippen molar-refractivity contribution >= 4 is 16.0 Å². The summed E-state index contributed by atoms with van der Waals surface area (Å²) in [5.41, 5.74) is -0.0707. The normalized spacial score (nSPS) is 21.2. The molecule has 0 aliphatic carbocycles. The molecular weight excluding hydrogens is 270 g/mol. The summed E-state index contributed by atoms with van der Waals surface area (Å²) in [6.07, 6.45) is 0.520. The number of carbonyl (C=O) groups is 1. The molecule has 0 saturated carbocycles. The van der Waals surface area contributed by atoms with Gasteiger partial charge in [0.15, 0.2) is 0 Å². The molecule has 0 amide bonds. The molecule has 1 aromatic rings. The second-order valence-electron chi connectivity index (χ2n) is 4.49. The van der Waals surface area contributed by atoms with Crippen molar-refractivity contribution in [3.63, 3.8) is 0 Å². The van der Waals surface area contributed by atoms with Crippen molar-refractivity contribution in [3.05, 3.63) is 29.8 Å². The van der Waals surface area contributed by atoms with Gasteiger partial charge in [0.1, 0.15) is 0 Å². The molecule has 0 spiro atoms. The Bertz CT molecular complexity index is 584. The summed E-state index contributed by atoms with van der Waals surface area (Å²) in [4.78, 5) is 10.8. The highest BCUT2D eigenvalue weighted by Gasteiger charge is 2.29. The molecule has 19 heavy (non-hydrogen) atoms. The van der Waals surface area contributed by atoms with E-state index in [1.807, 2.05) is 0 Å². The van der Waals surface area contributed by atoms with Crippen LogP contribution in [0, 0.1) is 0 Å². The molecule has 104 valence electrons. The van der Waals surface area contributed by atoms with Crippen molar-refractivity contribution < 1.29 is 23.4 Å². The maximum atomic E-state index is 12.3. The lowest BCUT2D eigenvalue weighted by Crippen LogP contribution is -2.42. The average Bonchev–Trinajstić information content (AvgIpc) is 2.39. The zero-order valence-electron chi connectivity index (χ0n) is 10.2. The van der Waals surface area contributed by atoms with Gasteiger partial charge in [0.25, 0.3) is 0 Å². The fourth-order valence-electron chi connectivity index (χ4n) is 2.08. The molecule has 0 radical (unpaired) electrons. The lowest BCUT2D eigenvalue weighted by atomic mass is 10.1. The van der Waals surface area contributed by atoms with E-state index < -0.39 is 22.1 Å². The Morgan fingerprint density at radius 3 is 2.74 bits per heavy atom. The van der Waals surface area contributed by atoms with E-state index in [2.05, 4.69) is 0 Å². The zero-order valence-corrected chi connectivity index (χ0v) is 11.0. The minimum atomic E-state index is -3.74. The smallest absolute Gasteiger partial charge is 0.335 e. The highest BCUT2D eigenvalue weighted by molar-refractivity contribution is 7.89. The Labute approximate surface area is 111 Å². The summed E-state index contributed by atoms with van der Waals surface area (Å²) in [5, 5.41) is 18.4. The lowest BCUT2D eigenvalue weighted by molar-refractivity contribution is 0.0696. The van der Waals surface area contributed by atoms with Gasteiger partial charge in [-0.3, -0.25) is 0 Å². The highest BCUT2D eigenvalue weighted by Crippen LogP contribution is 2.21. The molecule has 1 aromatic carbocycles. The molecule has 1 saturated heterocycles. The molecule has 1 unspecified atom stereocenters. The summed E-state index contributed by atoms with van der Waals surface area (Å²) in [7, 11) is -3.74. The van der Waals surface area contributed by atoms with Crippen LogP contribution in [0.25, 0.3) is 0 Å². The molecular formula is C12H15NO5S. The maximum Gasteiger partial charge on any atom is 0.335 e. The molecule has 7 heteroatoms. The number of nitrogens with zero attached hydrogens (tertiary/aromatic N) is 1. The van der Waals surface area contributed by atoms with Crippen molar-refractivity contribution in [2.75, 3.05) is 13.1 Å². The first-order valence-electron chi connectivity index (χ1n) is 5.93. The summed E-state index contributed by atoms with van der Waals surface area (Å²) < 4.78 is 25.9. The Hall–Kier alpha value is -1.44. The Morgan fingerprint density at radius 2 is 2.11 bits per heavy atom. The van der Waals surface area contributed by atoms with E-state index in [1.165, 1.54) is 22.5 Å². The number of carboxylic acid groups (broad SMARTS) is 1. The van der Waals surface area contributed by atoms with Crippen molar-refractivity contribution in [1.29, 1.82) is 0 Å². The Balaban J connectivity index is 2.33. The van der Waals surface area contributed by atoms with Gasteiger partial charge in [0.2, 0.25) is 10.0 Å². The van der Waals surface area contributed by atoms with Crippen LogP contribution in [-0.2, 0) is 10.0 Å². The van der Waals surface area contributed by atoms with E-state index in [4.69, 9.17) is 5.11 Å². The molecule has 0 aromatic heterocycles. The van der Waals surface area contributed by atoms with Crippen LogP contribution in [0.2, 0.25) is 0 Å². The quantitative estimate of drug-likeness (QED) is 0.844. The third-order valence-corrected chi connectivity index (χ3v) is 4.94. The average molecular weight is 285 g/mol. The third-order valence-electron chi connectivity index (χ3n) is 3.08. The number of aliphatic hydroxyl groups is 1. The fourth-order valence-corrected chi connectivity index (χ4v) is 3.64. The van der Waals surface area contributed by atoms with Crippen LogP contribution < -0.4 is 0 Å². The van der Waals surface area contributed by atoms with Crippen LogP contribution >= 0.6 is 0 Å². The second kappa shape index (κ2) is 5.28. The van der Waals surface area contributed by atoms with E-state index in [0.717, 1.165) is 6.07 Å². The van der Waals surface area contributed by atoms with Gasteiger partial charge < -0.3 is 10.2 Å². The Morgan fingerprint density at radius 1 is 1.37 bits per heavy atom. The van der Waals surface area contributed by atoms with Crippen LogP contribution in [0.15, 0.2) is 29.2 Å². The van der Waals surface area contributed by atoms with Crippen LogP contribution in [0.5, 0.6) is 0 Å². The summed E-state index contributed by atoms with van der Waals surface area (Å²) in [6, 6.07) is 5.24. The number of rotatable bonds is 3. The van der Waals surface area contributed by atoms with Crippen LogP contribution in [0.3, 0.4) is 0 Å². The third kappa shape index (κ3) is 2.94. The second-order valence-corrected chi connectivity index (χ2v) is 6.43. The van der Waals surface area contributed by atoms with Crippen molar-refractivity contribution in [3.8, 4) is 0 Å². The van der Waals surface area contributed by atoms with E-state index in [0.29, 0.717) is 19.4 Å². The summed E-state index contributed by atoms with van der Waals surface area (Å²) in [6.45, 7) is 0.399. The molecule has 0 bridgehead atoms. The minimum absolute atomic E-state index is 0.0542. The van der Waals surface area contributed by atoms with Gasteiger partial charge in [-0.05, 0) is 31.0 Å². The van der Waals surface area contributed by atoms with E-state index in [-0.39, 0.29) is 17.0 Å². The molecule has 1 fully saturated rings. The largest absolute Gasteiger partial charge is 0.478 e. The molecule has 6 nitrogen and oxygen atoms in total. The van der Waals surface area contributed by atoms with Gasteiger partial charge in [-0.15, -0.1) is 0 Å². The predicted octanol–water partition coefficient (Wildman–Crippen LogP) is 0.530. The number of piperidine rings is 1. The molecule has 2 rings (SSSR count). The summed E-state index contributed by atoms with van der Waals surface area (Å²) in [5.74, 6) is -1.17. The van der Waals surface area contributed by atoms with E-state index in [9.17, 15) is 18.3 Å². The number of hydrogen-bond donors (Lipinski definition) is 2. The maximum absolute atomic E-state index is 12.3. The van der Waals surface area contributed by atoms with Gasteiger partial charge >= 0.3 is 5.97 Å². The van der Waals surface area contributed by atoms with Gasteiger partial charge in [0.05, 0.1) is 16.6 Å². The predicted molar refractivity (Wildman–Crippen MR) is 67.4 cm³/mol. The molecule has 1 heterocycles. The van der Waals surface area contributed by atoms with Gasteiger partial charge in [-0.1, -0.05) is 6.07 Å². The van der Waals surface area contributed by atoms with Crippen LogP contribution in [-0.4, -0.2) is 48.1 Å².